The Morgan fingerprint density at radius 2 is 1.25 bits per heavy atom. The van der Waals surface area contributed by atoms with E-state index in [0.717, 1.165) is 7.35 Å². The molecule has 0 aromatic heterocycles. The number of halogens is 2. The maximum absolute atomic E-state index is 2.56. The van der Waals surface area contributed by atoms with Gasteiger partial charge in [0.1, 0.15) is 0 Å². The minimum Gasteiger partial charge on any atom is -1.00 e. The third-order valence-corrected chi connectivity index (χ3v) is 16.3. The summed E-state index contributed by atoms with van der Waals surface area (Å²) in [6.07, 6.45) is 6.43. The number of rotatable bonds is 1. The third kappa shape index (κ3) is 2.44. The van der Waals surface area contributed by atoms with Gasteiger partial charge in [-0.05, 0) is 0 Å². The van der Waals surface area contributed by atoms with Gasteiger partial charge in [0.25, 0.3) is 0 Å². The number of allylic oxidation sites excluding steroid dienone is 2. The molecule has 5 rings (SSSR count). The van der Waals surface area contributed by atoms with Crippen LogP contribution in [0.15, 0.2) is 59.2 Å². The van der Waals surface area contributed by atoms with Gasteiger partial charge in [0.2, 0.25) is 0 Å². The quantitative estimate of drug-likeness (QED) is 0.372. The van der Waals surface area contributed by atoms with Crippen molar-refractivity contribution >= 4 is 20.1 Å². The maximum atomic E-state index is 2.56. The summed E-state index contributed by atoms with van der Waals surface area (Å²) in [5, 5.41) is 3.63. The van der Waals surface area contributed by atoms with Crippen molar-refractivity contribution in [2.45, 2.75) is 14.3 Å². The first-order valence-corrected chi connectivity index (χ1v) is 13.7. The summed E-state index contributed by atoms with van der Waals surface area (Å²) in [4.78, 5) is 0. The van der Waals surface area contributed by atoms with E-state index in [1.807, 2.05) is 10.6 Å². The fraction of sp³-hybridized carbons (Fsp3) is 0.200. The van der Waals surface area contributed by atoms with Crippen LogP contribution in [0.4, 0.5) is 0 Å². The van der Waals surface area contributed by atoms with Gasteiger partial charge in [-0.3, -0.25) is 0 Å². The summed E-state index contributed by atoms with van der Waals surface area (Å²) in [7, 11) is -0.0721. The van der Waals surface area contributed by atoms with E-state index in [9.17, 15) is 0 Å². The van der Waals surface area contributed by atoms with Crippen molar-refractivity contribution in [3.05, 3.63) is 81.4 Å². The van der Waals surface area contributed by atoms with Crippen LogP contribution in [-0.2, 0) is 22.9 Å². The summed E-state index contributed by atoms with van der Waals surface area (Å²) < 4.78 is 1.71. The van der Waals surface area contributed by atoms with Gasteiger partial charge < -0.3 is 9.41 Å². The van der Waals surface area contributed by atoms with Crippen molar-refractivity contribution in [2.75, 3.05) is 6.16 Å². The van der Waals surface area contributed by atoms with Crippen LogP contribution in [0.5, 0.6) is 0 Å². The first kappa shape index (κ1) is 17.9. The molecule has 4 heteroatoms. The van der Waals surface area contributed by atoms with Crippen LogP contribution in [0, 0.1) is 0 Å². The molecule has 2 aliphatic carbocycles. The molecule has 1 saturated heterocycles. The molecule has 0 radical (unpaired) electrons. The Kier molecular flexibility index (Phi) is 5.04. The summed E-state index contributed by atoms with van der Waals surface area (Å²) >= 11 is -0.805. The summed E-state index contributed by atoms with van der Waals surface area (Å²) in [5.41, 5.74) is 6.35. The van der Waals surface area contributed by atoms with E-state index >= 15 is 0 Å². The van der Waals surface area contributed by atoms with E-state index in [2.05, 4.69) is 67.6 Å². The summed E-state index contributed by atoms with van der Waals surface area (Å²) in [6.45, 7) is 2.40. The minimum absolute atomic E-state index is 0. The zero-order valence-corrected chi connectivity index (χ0v) is 17.8. The molecule has 0 spiro atoms. The van der Waals surface area contributed by atoms with Crippen molar-refractivity contribution < 1.29 is 32.3 Å². The van der Waals surface area contributed by atoms with Crippen LogP contribution in [-0.4, -0.2) is 6.16 Å². The Labute approximate surface area is 153 Å². The Morgan fingerprint density at radius 3 is 1.71 bits per heavy atom. The van der Waals surface area contributed by atoms with Crippen molar-refractivity contribution in [1.82, 2.24) is 0 Å². The van der Waals surface area contributed by atoms with Gasteiger partial charge in [-0.15, -0.1) is 0 Å². The molecule has 1 aliphatic heterocycles. The fourth-order valence-electron chi connectivity index (χ4n) is 4.11. The molecule has 0 saturated carbocycles. The molecule has 2 unspecified atom stereocenters. The Bertz CT molecular complexity index is 776. The van der Waals surface area contributed by atoms with Crippen LogP contribution in [0.3, 0.4) is 0 Å². The van der Waals surface area contributed by atoms with E-state index in [1.165, 1.54) is 17.3 Å². The molecule has 2 aromatic rings. The standard InChI is InChI=1S/C20H17P.2FH.Hf/c1-2-21(19-11-15-7-3-4-8-16(15)12-19)20-13-17-9-5-6-10-18(17)14-20;;;/h3-14H,2H2,1H3;2*1H;/q;;;+2/p-2. The zero-order chi connectivity index (χ0) is 14.7. The van der Waals surface area contributed by atoms with Gasteiger partial charge in [-0.25, -0.2) is 0 Å². The molecular formula is C20H17F2HfP. The van der Waals surface area contributed by atoms with E-state index in [1.54, 1.807) is 11.1 Å². The van der Waals surface area contributed by atoms with Crippen molar-refractivity contribution in [2.24, 2.45) is 0 Å². The molecule has 0 amide bonds. The number of hydrogen-bond donors (Lipinski definition) is 0. The number of benzene rings is 2. The molecule has 1 heterocycles. The number of fused-ring (bicyclic) bond motifs is 6. The monoisotopic (exact) mass is 506 g/mol. The van der Waals surface area contributed by atoms with Gasteiger partial charge in [-0.1, -0.05) is 0 Å². The van der Waals surface area contributed by atoms with E-state index in [0.29, 0.717) is 0 Å². The van der Waals surface area contributed by atoms with Gasteiger partial charge in [0, 0.05) is 0 Å². The van der Waals surface area contributed by atoms with Gasteiger partial charge in [0.15, 0.2) is 0 Å². The number of hydrogen-bond acceptors (Lipinski definition) is 0. The van der Waals surface area contributed by atoms with Crippen molar-refractivity contribution in [1.29, 1.82) is 0 Å². The minimum atomic E-state index is -0.805. The third-order valence-electron chi connectivity index (χ3n) is 5.09. The molecule has 1 fully saturated rings. The normalized spacial score (nSPS) is 24.5. The van der Waals surface area contributed by atoms with E-state index < -0.39 is 22.9 Å². The second kappa shape index (κ2) is 6.77. The van der Waals surface area contributed by atoms with E-state index in [4.69, 9.17) is 0 Å². The largest absolute Gasteiger partial charge is 1.00 e. The zero-order valence-electron chi connectivity index (χ0n) is 13.3. The predicted molar refractivity (Wildman–Crippen MR) is 91.8 cm³/mol. The average molecular weight is 505 g/mol. The molecule has 2 aromatic carbocycles. The van der Waals surface area contributed by atoms with Crippen molar-refractivity contribution in [3.63, 3.8) is 0 Å². The van der Waals surface area contributed by atoms with E-state index in [-0.39, 0.29) is 17.3 Å². The van der Waals surface area contributed by atoms with Crippen LogP contribution in [0.1, 0.15) is 36.5 Å². The topological polar surface area (TPSA) is 0 Å². The second-order valence-electron chi connectivity index (χ2n) is 6.17. The first-order chi connectivity index (χ1) is 10.9. The first-order valence-electron chi connectivity index (χ1n) is 8.01. The van der Waals surface area contributed by atoms with Crippen LogP contribution in [0.2, 0.25) is 0 Å². The smallest absolute Gasteiger partial charge is 1.00 e. The van der Waals surface area contributed by atoms with Gasteiger partial charge in [0.05, 0.1) is 0 Å². The maximum Gasteiger partial charge on any atom is -1.00 e. The van der Waals surface area contributed by atoms with Crippen molar-refractivity contribution in [3.8, 4) is 0 Å². The molecule has 2 atom stereocenters. The van der Waals surface area contributed by atoms with Gasteiger partial charge in [-0.2, -0.15) is 0 Å². The predicted octanol–water partition coefficient (Wildman–Crippen LogP) is -0.216. The molecule has 3 aliphatic rings. The Hall–Kier alpha value is -0.920. The molecular weight excluding hydrogens is 488 g/mol. The Balaban J connectivity index is 0.000000845. The fourth-order valence-corrected chi connectivity index (χ4v) is 17.4. The molecule has 0 nitrogen and oxygen atoms in total. The molecule has 120 valence electrons. The van der Waals surface area contributed by atoms with Crippen LogP contribution >= 0.6 is 7.92 Å². The molecule has 0 bridgehead atoms. The van der Waals surface area contributed by atoms with Crippen LogP contribution < -0.4 is 9.41 Å². The Morgan fingerprint density at radius 1 is 0.792 bits per heavy atom. The summed E-state index contributed by atoms with van der Waals surface area (Å²) in [6, 6.07) is 18.3. The van der Waals surface area contributed by atoms with Gasteiger partial charge >= 0.3 is 145 Å². The molecule has 0 N–H and O–H groups in total. The average Bonchev–Trinajstić information content (AvgIpc) is 3.11. The summed E-state index contributed by atoms with van der Waals surface area (Å²) in [5.74, 6) is 0. The molecule has 24 heavy (non-hydrogen) atoms. The van der Waals surface area contributed by atoms with Crippen LogP contribution in [0.25, 0.3) is 12.2 Å². The SMILES string of the molecule is CCP1C2=Cc3ccccc3[CH]2[Hf+2][CH]2C1=Cc1ccccc12.[F-].[F-]. The second-order valence-corrected chi connectivity index (χ2v) is 14.0.